The van der Waals surface area contributed by atoms with Gasteiger partial charge in [0.05, 0.1) is 18.9 Å². The number of hydrogen-bond donors (Lipinski definition) is 2. The molecule has 1 aliphatic carbocycles. The molecule has 1 fully saturated rings. The molecule has 1 saturated carbocycles. The van der Waals surface area contributed by atoms with E-state index in [1.54, 1.807) is 7.11 Å². The number of aliphatic carboxylic acids is 1. The highest BCUT2D eigenvalue weighted by Crippen LogP contribution is 2.58. The Morgan fingerprint density at radius 1 is 1.33 bits per heavy atom. The van der Waals surface area contributed by atoms with Crippen LogP contribution in [0.25, 0.3) is 0 Å². The summed E-state index contributed by atoms with van der Waals surface area (Å²) in [6, 6.07) is 5.73. The number of carbonyl (C=O) groups excluding carboxylic acids is 1. The van der Waals surface area contributed by atoms with Gasteiger partial charge < -0.3 is 15.2 Å². The lowest BCUT2D eigenvalue weighted by Crippen LogP contribution is -2.26. The van der Waals surface area contributed by atoms with E-state index < -0.39 is 23.2 Å². The van der Waals surface area contributed by atoms with Crippen molar-refractivity contribution in [2.75, 3.05) is 7.11 Å². The van der Waals surface area contributed by atoms with Crippen LogP contribution < -0.4 is 10.1 Å². The van der Waals surface area contributed by atoms with Crippen LogP contribution in [-0.2, 0) is 16.1 Å². The molecule has 2 N–H and O–H groups in total. The van der Waals surface area contributed by atoms with E-state index in [4.69, 9.17) is 9.84 Å². The first-order valence-corrected chi connectivity index (χ1v) is 6.93. The van der Waals surface area contributed by atoms with E-state index in [9.17, 15) is 9.59 Å². The predicted octanol–water partition coefficient (Wildman–Crippen LogP) is 1.98. The maximum Gasteiger partial charge on any atom is 0.307 e. The van der Waals surface area contributed by atoms with E-state index in [1.165, 1.54) is 0 Å². The Labute approximate surface area is 124 Å². The zero-order valence-corrected chi connectivity index (χ0v) is 12.8. The largest absolute Gasteiger partial charge is 0.496 e. The van der Waals surface area contributed by atoms with Crippen molar-refractivity contribution < 1.29 is 19.4 Å². The topological polar surface area (TPSA) is 75.6 Å². The van der Waals surface area contributed by atoms with Gasteiger partial charge in [-0.05, 0) is 29.5 Å². The summed E-state index contributed by atoms with van der Waals surface area (Å²) < 4.78 is 5.24. The number of amides is 1. The summed E-state index contributed by atoms with van der Waals surface area (Å²) in [4.78, 5) is 23.2. The summed E-state index contributed by atoms with van der Waals surface area (Å²) in [5, 5.41) is 11.9. The summed E-state index contributed by atoms with van der Waals surface area (Å²) in [6.45, 7) is 5.94. The zero-order chi connectivity index (χ0) is 15.8. The number of aryl methyl sites for hydroxylation is 1. The number of benzene rings is 1. The minimum absolute atomic E-state index is 0.202. The van der Waals surface area contributed by atoms with Crippen molar-refractivity contribution in [3.63, 3.8) is 0 Å². The van der Waals surface area contributed by atoms with Crippen molar-refractivity contribution in [3.8, 4) is 5.75 Å². The fourth-order valence-electron chi connectivity index (χ4n) is 2.86. The van der Waals surface area contributed by atoms with Gasteiger partial charge in [0.2, 0.25) is 5.91 Å². The van der Waals surface area contributed by atoms with E-state index in [1.807, 2.05) is 39.0 Å². The zero-order valence-electron chi connectivity index (χ0n) is 12.8. The molecule has 114 valence electrons. The molecule has 0 aromatic heterocycles. The summed E-state index contributed by atoms with van der Waals surface area (Å²) in [5.74, 6) is -1.38. The molecule has 2 atom stereocenters. The lowest BCUT2D eigenvalue weighted by atomic mass is 10.1. The standard InChI is InChI=1S/C16H21NO4/c1-9-5-6-10(7-11(9)21-4)8-17-14(18)12-13(15(19)20)16(12,2)3/h5-7,12-13H,8H2,1-4H3,(H,17,18)(H,19,20)/t12-,13+/m0/s1. The lowest BCUT2D eigenvalue weighted by Gasteiger charge is -2.09. The summed E-state index contributed by atoms with van der Waals surface area (Å²) in [5.41, 5.74) is 1.49. The minimum atomic E-state index is -0.905. The van der Waals surface area contributed by atoms with E-state index in [0.29, 0.717) is 6.54 Å². The number of ether oxygens (including phenoxy) is 1. The minimum Gasteiger partial charge on any atom is -0.496 e. The maximum absolute atomic E-state index is 12.1. The molecule has 0 heterocycles. The molecule has 0 aliphatic heterocycles. The van der Waals surface area contributed by atoms with Crippen molar-refractivity contribution >= 4 is 11.9 Å². The van der Waals surface area contributed by atoms with Gasteiger partial charge in [0.25, 0.3) is 0 Å². The Bertz CT molecular complexity index is 580. The second kappa shape index (κ2) is 5.39. The Kier molecular flexibility index (Phi) is 3.94. The van der Waals surface area contributed by atoms with Gasteiger partial charge >= 0.3 is 5.97 Å². The van der Waals surface area contributed by atoms with Crippen molar-refractivity contribution in [3.05, 3.63) is 29.3 Å². The van der Waals surface area contributed by atoms with Gasteiger partial charge in [0, 0.05) is 6.54 Å². The van der Waals surface area contributed by atoms with Gasteiger partial charge in [0.15, 0.2) is 0 Å². The average Bonchev–Trinajstić information content (AvgIpc) is 3.00. The number of carboxylic acid groups (broad SMARTS) is 1. The van der Waals surface area contributed by atoms with Crippen LogP contribution in [0.3, 0.4) is 0 Å². The van der Waals surface area contributed by atoms with Crippen molar-refractivity contribution in [2.45, 2.75) is 27.3 Å². The van der Waals surface area contributed by atoms with Crippen LogP contribution in [0.1, 0.15) is 25.0 Å². The third-order valence-electron chi connectivity index (χ3n) is 4.32. The fourth-order valence-corrected chi connectivity index (χ4v) is 2.86. The highest BCUT2D eigenvalue weighted by atomic mass is 16.5. The second-order valence-corrected chi connectivity index (χ2v) is 6.14. The molecule has 1 amide bonds. The van der Waals surface area contributed by atoms with Gasteiger partial charge in [-0.1, -0.05) is 26.0 Å². The number of carboxylic acids is 1. The third kappa shape index (κ3) is 2.86. The molecule has 0 saturated heterocycles. The molecule has 0 bridgehead atoms. The van der Waals surface area contributed by atoms with Gasteiger partial charge in [0.1, 0.15) is 5.75 Å². The maximum atomic E-state index is 12.1. The molecule has 1 aromatic rings. The summed E-state index contributed by atoms with van der Waals surface area (Å²) >= 11 is 0. The normalized spacial score (nSPS) is 22.5. The van der Waals surface area contributed by atoms with Crippen LogP contribution in [0, 0.1) is 24.2 Å². The molecule has 5 heteroatoms. The van der Waals surface area contributed by atoms with Crippen LogP contribution in [0.15, 0.2) is 18.2 Å². The Morgan fingerprint density at radius 3 is 2.52 bits per heavy atom. The average molecular weight is 291 g/mol. The van der Waals surface area contributed by atoms with E-state index >= 15 is 0 Å². The molecule has 1 aliphatic rings. The summed E-state index contributed by atoms with van der Waals surface area (Å²) in [7, 11) is 1.61. The molecule has 0 radical (unpaired) electrons. The van der Waals surface area contributed by atoms with Crippen molar-refractivity contribution in [1.82, 2.24) is 5.32 Å². The molecule has 5 nitrogen and oxygen atoms in total. The van der Waals surface area contributed by atoms with Gasteiger partial charge in [-0.2, -0.15) is 0 Å². The fraction of sp³-hybridized carbons (Fsp3) is 0.500. The Morgan fingerprint density at radius 2 is 2.00 bits per heavy atom. The first kappa shape index (κ1) is 15.4. The number of methoxy groups -OCH3 is 1. The molecule has 1 aromatic carbocycles. The van der Waals surface area contributed by atoms with E-state index in [0.717, 1.165) is 16.9 Å². The lowest BCUT2D eigenvalue weighted by molar-refractivity contribution is -0.140. The van der Waals surface area contributed by atoms with E-state index in [-0.39, 0.29) is 5.91 Å². The quantitative estimate of drug-likeness (QED) is 0.869. The molecule has 0 spiro atoms. The summed E-state index contributed by atoms with van der Waals surface area (Å²) in [6.07, 6.45) is 0. The number of carbonyl (C=O) groups is 2. The first-order valence-electron chi connectivity index (χ1n) is 6.93. The molecule has 21 heavy (non-hydrogen) atoms. The SMILES string of the molecule is COc1cc(CNC(=O)[C@@H]2[C@H](C(=O)O)C2(C)C)ccc1C. The van der Waals surface area contributed by atoms with Gasteiger partial charge in [-0.25, -0.2) is 0 Å². The molecular weight excluding hydrogens is 270 g/mol. The van der Waals surface area contributed by atoms with Crippen molar-refractivity contribution in [2.24, 2.45) is 17.3 Å². The molecular formula is C16H21NO4. The second-order valence-electron chi connectivity index (χ2n) is 6.14. The van der Waals surface area contributed by atoms with E-state index in [2.05, 4.69) is 5.32 Å². The number of hydrogen-bond acceptors (Lipinski definition) is 3. The van der Waals surface area contributed by atoms with Crippen LogP contribution in [0.4, 0.5) is 0 Å². The highest BCUT2D eigenvalue weighted by Gasteiger charge is 2.65. The van der Waals surface area contributed by atoms with Crippen LogP contribution in [0.5, 0.6) is 5.75 Å². The van der Waals surface area contributed by atoms with Crippen LogP contribution in [0.2, 0.25) is 0 Å². The third-order valence-corrected chi connectivity index (χ3v) is 4.32. The monoisotopic (exact) mass is 291 g/mol. The molecule has 2 rings (SSSR count). The predicted molar refractivity (Wildman–Crippen MR) is 78.0 cm³/mol. The Balaban J connectivity index is 1.98. The number of nitrogens with one attached hydrogen (secondary N) is 1. The van der Waals surface area contributed by atoms with Crippen LogP contribution in [-0.4, -0.2) is 24.1 Å². The molecule has 0 unspecified atom stereocenters. The Hall–Kier alpha value is -2.04. The van der Waals surface area contributed by atoms with Gasteiger partial charge in [-0.15, -0.1) is 0 Å². The number of rotatable bonds is 5. The smallest absolute Gasteiger partial charge is 0.307 e. The highest BCUT2D eigenvalue weighted by molar-refractivity contribution is 5.91. The van der Waals surface area contributed by atoms with Crippen molar-refractivity contribution in [1.29, 1.82) is 0 Å². The van der Waals surface area contributed by atoms with Gasteiger partial charge in [-0.3, -0.25) is 9.59 Å². The first-order chi connectivity index (χ1) is 9.78. The van der Waals surface area contributed by atoms with Crippen LogP contribution >= 0.6 is 0 Å².